The molecule has 1 heterocycles. The number of rotatable bonds is 3. The summed E-state index contributed by atoms with van der Waals surface area (Å²) in [4.78, 5) is 9.32. The van der Waals surface area contributed by atoms with Crippen molar-refractivity contribution in [3.8, 4) is 0 Å². The van der Waals surface area contributed by atoms with E-state index in [1.54, 1.807) is 0 Å². The fourth-order valence-corrected chi connectivity index (χ4v) is 2.98. The number of hydrogen-bond donors (Lipinski definition) is 2. The van der Waals surface area contributed by atoms with E-state index in [-0.39, 0.29) is 31.8 Å². The molecule has 0 unspecified atom stereocenters. The van der Waals surface area contributed by atoms with Crippen LogP contribution in [0.25, 0.3) is 0 Å². The van der Waals surface area contributed by atoms with Crippen molar-refractivity contribution in [3.63, 3.8) is 0 Å². The van der Waals surface area contributed by atoms with Crippen LogP contribution in [0.1, 0.15) is 6.42 Å². The lowest BCUT2D eigenvalue weighted by atomic mass is 9.94. The molecule has 1 aliphatic heterocycles. The fourth-order valence-electron chi connectivity index (χ4n) is 2.20. The zero-order valence-electron chi connectivity index (χ0n) is 11.6. The summed E-state index contributed by atoms with van der Waals surface area (Å²) < 4.78 is 82.0. The van der Waals surface area contributed by atoms with Crippen LogP contribution in [0.3, 0.4) is 0 Å². The molecule has 1 aromatic carbocycles. The summed E-state index contributed by atoms with van der Waals surface area (Å²) in [5.74, 6) is -3.58. The normalized spacial score (nSPS) is 25.3. The summed E-state index contributed by atoms with van der Waals surface area (Å²) in [6, 6.07) is 0.219. The number of ether oxygens (including phenoxy) is 1. The van der Waals surface area contributed by atoms with Crippen LogP contribution in [-0.4, -0.2) is 25.2 Å². The molecule has 11 heteroatoms. The van der Waals surface area contributed by atoms with Gasteiger partial charge in [-0.1, -0.05) is 19.4 Å². The first-order valence-electron chi connectivity index (χ1n) is 6.46. The molecule has 1 aliphatic rings. The molecule has 0 radical (unpaired) electrons. The smallest absolute Gasteiger partial charge is 0.313 e. The van der Waals surface area contributed by atoms with Crippen LogP contribution in [0, 0.1) is 11.7 Å². The Bertz CT molecular complexity index is 636. The summed E-state index contributed by atoms with van der Waals surface area (Å²) in [6.07, 6.45) is 0.239. The molecule has 0 spiro atoms. The van der Waals surface area contributed by atoms with Crippen molar-refractivity contribution in [1.82, 2.24) is 0 Å². The van der Waals surface area contributed by atoms with Gasteiger partial charge in [-0.2, -0.15) is 0 Å². The molecule has 23 heavy (non-hydrogen) atoms. The summed E-state index contributed by atoms with van der Waals surface area (Å²) >= 11 is 0. The number of carbonyl (C=O) groups excluding carboxylic acids is 1. The van der Waals surface area contributed by atoms with E-state index in [0.29, 0.717) is 0 Å². The molecule has 1 amide bonds. The molecule has 3 N–H and O–H groups in total. The van der Waals surface area contributed by atoms with Gasteiger partial charge in [-0.05, 0) is 24.6 Å². The molecular formula is C12H14F6N2O2S. The highest BCUT2D eigenvalue weighted by atomic mass is 32.5. The van der Waals surface area contributed by atoms with E-state index >= 15 is 0 Å². The summed E-state index contributed by atoms with van der Waals surface area (Å²) in [5.41, 5.74) is 5.07. The maximum absolute atomic E-state index is 13.2. The monoisotopic (exact) mass is 364 g/mol. The Kier molecular flexibility index (Phi) is 3.90. The van der Waals surface area contributed by atoms with Crippen molar-refractivity contribution in [2.45, 2.75) is 17.4 Å². The standard InChI is InChI=1S/C12H14F6N2O2S/c13-9-2-1-7(5-11(9)23(14,15,16,17)18)20-12(21)8-3-4-22-6-10(8)19/h1-2,5,8,10H,3-4,6,19H2,(H,20,21)/t8-,10+/m0/s1. The second kappa shape index (κ2) is 5.02. The Balaban J connectivity index is 2.27. The van der Waals surface area contributed by atoms with Gasteiger partial charge in [-0.15, -0.1) is 0 Å². The number of anilines is 1. The molecule has 0 saturated carbocycles. The molecular weight excluding hydrogens is 350 g/mol. The lowest BCUT2D eigenvalue weighted by molar-refractivity contribution is -0.123. The van der Waals surface area contributed by atoms with Crippen LogP contribution < -0.4 is 11.1 Å². The molecule has 1 fully saturated rings. The van der Waals surface area contributed by atoms with Crippen molar-refractivity contribution >= 4 is 21.8 Å². The first kappa shape index (κ1) is 17.9. The van der Waals surface area contributed by atoms with Gasteiger partial charge in [0.25, 0.3) is 0 Å². The Morgan fingerprint density at radius 3 is 2.48 bits per heavy atom. The second-order valence-corrected chi connectivity index (χ2v) is 7.62. The lowest BCUT2D eigenvalue weighted by Gasteiger charge is -2.40. The van der Waals surface area contributed by atoms with Crippen LogP contribution in [0.5, 0.6) is 0 Å². The average Bonchev–Trinajstić information content (AvgIpc) is 2.38. The van der Waals surface area contributed by atoms with Gasteiger partial charge in [0.05, 0.1) is 12.5 Å². The molecule has 2 atom stereocenters. The van der Waals surface area contributed by atoms with Gasteiger partial charge < -0.3 is 15.8 Å². The van der Waals surface area contributed by atoms with Crippen molar-refractivity contribution in [3.05, 3.63) is 24.0 Å². The van der Waals surface area contributed by atoms with Crippen molar-refractivity contribution in [2.75, 3.05) is 18.5 Å². The van der Waals surface area contributed by atoms with E-state index in [1.807, 2.05) is 0 Å². The van der Waals surface area contributed by atoms with E-state index in [0.717, 1.165) is 6.07 Å². The number of benzene rings is 1. The molecule has 0 bridgehead atoms. The lowest BCUT2D eigenvalue weighted by Crippen LogP contribution is -2.45. The maximum atomic E-state index is 13.2. The Morgan fingerprint density at radius 2 is 1.91 bits per heavy atom. The SMILES string of the molecule is N[C@@H]1COCC[C@@H]1C(=O)Nc1ccc(F)c(S(F)(F)(F)(F)F)c1. The van der Waals surface area contributed by atoms with E-state index in [4.69, 9.17) is 10.5 Å². The van der Waals surface area contributed by atoms with Gasteiger partial charge >= 0.3 is 10.2 Å². The van der Waals surface area contributed by atoms with E-state index in [2.05, 4.69) is 5.32 Å². The number of amides is 1. The average molecular weight is 364 g/mol. The van der Waals surface area contributed by atoms with Crippen LogP contribution in [0.4, 0.5) is 29.5 Å². The summed E-state index contributed by atoms with van der Waals surface area (Å²) in [6.45, 7) is 0.337. The number of nitrogens with one attached hydrogen (secondary N) is 1. The minimum absolute atomic E-state index is 0.0955. The highest BCUT2D eigenvalue weighted by Crippen LogP contribution is 3.02. The summed E-state index contributed by atoms with van der Waals surface area (Å²) in [7, 11) is -10.2. The van der Waals surface area contributed by atoms with E-state index in [1.165, 1.54) is 0 Å². The molecule has 0 aliphatic carbocycles. The van der Waals surface area contributed by atoms with E-state index in [9.17, 15) is 28.6 Å². The first-order chi connectivity index (χ1) is 10.3. The Morgan fingerprint density at radius 1 is 1.26 bits per heavy atom. The van der Waals surface area contributed by atoms with Crippen LogP contribution in [0.2, 0.25) is 0 Å². The zero-order chi connectivity index (χ0) is 17.5. The van der Waals surface area contributed by atoms with Crippen molar-refractivity contribution in [1.29, 1.82) is 0 Å². The van der Waals surface area contributed by atoms with Crippen molar-refractivity contribution < 1.29 is 33.4 Å². The highest BCUT2D eigenvalue weighted by Gasteiger charge is 2.67. The van der Waals surface area contributed by atoms with Crippen LogP contribution >= 0.6 is 10.2 Å². The third-order valence-electron chi connectivity index (χ3n) is 3.35. The van der Waals surface area contributed by atoms with Gasteiger partial charge in [0, 0.05) is 18.3 Å². The van der Waals surface area contributed by atoms with E-state index < -0.39 is 44.5 Å². The number of nitrogens with two attached hydrogens (primary N) is 1. The largest absolute Gasteiger partial charge is 0.380 e. The minimum Gasteiger partial charge on any atom is -0.380 e. The maximum Gasteiger partial charge on any atom is 0.313 e. The van der Waals surface area contributed by atoms with Gasteiger partial charge in [0.15, 0.2) is 0 Å². The number of halogens is 6. The quantitative estimate of drug-likeness (QED) is 0.803. The molecule has 4 nitrogen and oxygen atoms in total. The predicted molar refractivity (Wildman–Crippen MR) is 73.3 cm³/mol. The molecule has 2 rings (SSSR count). The van der Waals surface area contributed by atoms with Crippen LogP contribution in [0.15, 0.2) is 23.1 Å². The third kappa shape index (κ3) is 4.30. The predicted octanol–water partition coefficient (Wildman–Crippen LogP) is 3.79. The minimum atomic E-state index is -10.2. The molecule has 1 aromatic rings. The topological polar surface area (TPSA) is 64.3 Å². The zero-order valence-corrected chi connectivity index (χ0v) is 12.4. The molecule has 0 aromatic heterocycles. The van der Waals surface area contributed by atoms with Crippen molar-refractivity contribution in [2.24, 2.45) is 11.7 Å². The first-order valence-corrected chi connectivity index (χ1v) is 8.41. The summed E-state index contributed by atoms with van der Waals surface area (Å²) in [5, 5.41) is 2.06. The fraction of sp³-hybridized carbons (Fsp3) is 0.417. The Labute approximate surface area is 127 Å². The Hall–Kier alpha value is -1.46. The highest BCUT2D eigenvalue weighted by molar-refractivity contribution is 8.45. The van der Waals surface area contributed by atoms with Gasteiger partial charge in [-0.3, -0.25) is 4.79 Å². The third-order valence-corrected chi connectivity index (χ3v) is 4.50. The number of hydrogen-bond acceptors (Lipinski definition) is 3. The van der Waals surface area contributed by atoms with Gasteiger partial charge in [0.2, 0.25) is 5.91 Å². The van der Waals surface area contributed by atoms with Gasteiger partial charge in [0.1, 0.15) is 10.7 Å². The second-order valence-electron chi connectivity index (χ2n) is 5.24. The van der Waals surface area contributed by atoms with Gasteiger partial charge in [-0.25, -0.2) is 4.39 Å². The number of carbonyl (C=O) groups is 1. The molecule has 132 valence electrons. The molecule has 1 saturated heterocycles. The van der Waals surface area contributed by atoms with Crippen LogP contribution in [-0.2, 0) is 9.53 Å².